The van der Waals surface area contributed by atoms with Crippen LogP contribution in [0.4, 0.5) is 5.69 Å². The summed E-state index contributed by atoms with van der Waals surface area (Å²) in [6.45, 7) is 2.99. The van der Waals surface area contributed by atoms with Gasteiger partial charge >= 0.3 is 0 Å². The van der Waals surface area contributed by atoms with Crippen molar-refractivity contribution < 1.29 is 22.7 Å². The SMILES string of the molecule is CC1CCC(NS(=O)(=O)CC(=O)Nc2cc3c(cc2Cl)OCCO3)CC1. The number of sulfonamides is 1. The Hall–Kier alpha value is -1.51. The molecule has 1 aliphatic heterocycles. The molecule has 2 aliphatic rings. The van der Waals surface area contributed by atoms with E-state index in [2.05, 4.69) is 17.0 Å². The van der Waals surface area contributed by atoms with Gasteiger partial charge in [0.1, 0.15) is 19.0 Å². The zero-order valence-electron chi connectivity index (χ0n) is 14.6. The van der Waals surface area contributed by atoms with E-state index in [1.165, 1.54) is 6.07 Å². The summed E-state index contributed by atoms with van der Waals surface area (Å²) in [5.74, 6) is 0.286. The molecule has 7 nitrogen and oxygen atoms in total. The van der Waals surface area contributed by atoms with Crippen LogP contribution in [-0.4, -0.2) is 39.3 Å². The predicted molar refractivity (Wildman–Crippen MR) is 99.4 cm³/mol. The summed E-state index contributed by atoms with van der Waals surface area (Å²) in [5, 5.41) is 2.79. The molecule has 0 atom stereocenters. The predicted octanol–water partition coefficient (Wildman–Crippen LogP) is 2.55. The minimum atomic E-state index is -3.71. The van der Waals surface area contributed by atoms with E-state index >= 15 is 0 Å². The molecular weight excluding hydrogens is 380 g/mol. The molecule has 1 aliphatic carbocycles. The van der Waals surface area contributed by atoms with Crippen LogP contribution in [0, 0.1) is 5.92 Å². The van der Waals surface area contributed by atoms with Gasteiger partial charge in [-0.2, -0.15) is 0 Å². The number of amides is 1. The lowest BCUT2D eigenvalue weighted by atomic mass is 9.88. The van der Waals surface area contributed by atoms with Crippen LogP contribution in [0.15, 0.2) is 12.1 Å². The van der Waals surface area contributed by atoms with Crippen molar-refractivity contribution in [1.29, 1.82) is 0 Å². The van der Waals surface area contributed by atoms with E-state index in [1.807, 2.05) is 0 Å². The summed E-state index contributed by atoms with van der Waals surface area (Å²) in [4.78, 5) is 12.2. The van der Waals surface area contributed by atoms with Crippen LogP contribution in [-0.2, 0) is 14.8 Å². The second kappa shape index (κ2) is 8.02. The number of ether oxygens (including phenoxy) is 2. The van der Waals surface area contributed by atoms with E-state index < -0.39 is 21.7 Å². The zero-order valence-corrected chi connectivity index (χ0v) is 16.2. The molecule has 0 unspecified atom stereocenters. The molecule has 0 bridgehead atoms. The van der Waals surface area contributed by atoms with Gasteiger partial charge in [-0.25, -0.2) is 13.1 Å². The van der Waals surface area contributed by atoms with Gasteiger partial charge in [0.25, 0.3) is 0 Å². The van der Waals surface area contributed by atoms with Crippen LogP contribution < -0.4 is 19.5 Å². The number of carbonyl (C=O) groups is 1. The van der Waals surface area contributed by atoms with Crippen molar-refractivity contribution in [1.82, 2.24) is 4.72 Å². The van der Waals surface area contributed by atoms with Gasteiger partial charge in [0, 0.05) is 18.2 Å². The molecule has 1 amide bonds. The largest absolute Gasteiger partial charge is 0.486 e. The highest BCUT2D eigenvalue weighted by Crippen LogP contribution is 2.37. The number of rotatable bonds is 5. The van der Waals surface area contributed by atoms with Gasteiger partial charge in [-0.1, -0.05) is 18.5 Å². The topological polar surface area (TPSA) is 93.7 Å². The summed E-state index contributed by atoms with van der Waals surface area (Å²) >= 11 is 6.13. The third-order valence-electron chi connectivity index (χ3n) is 4.59. The van der Waals surface area contributed by atoms with E-state index in [-0.39, 0.29) is 11.1 Å². The van der Waals surface area contributed by atoms with Crippen LogP contribution in [0.3, 0.4) is 0 Å². The van der Waals surface area contributed by atoms with E-state index in [0.29, 0.717) is 36.3 Å². The van der Waals surface area contributed by atoms with Crippen molar-refractivity contribution in [2.75, 3.05) is 24.3 Å². The summed E-state index contributed by atoms with van der Waals surface area (Å²) in [6.07, 6.45) is 3.59. The summed E-state index contributed by atoms with van der Waals surface area (Å²) in [6, 6.07) is 2.99. The molecule has 1 aromatic rings. The Kier molecular flexibility index (Phi) is 5.94. The van der Waals surface area contributed by atoms with Crippen molar-refractivity contribution in [3.05, 3.63) is 17.2 Å². The van der Waals surface area contributed by atoms with E-state index in [9.17, 15) is 13.2 Å². The number of benzene rings is 1. The normalized spacial score (nSPS) is 22.7. The Morgan fingerprint density at radius 1 is 1.15 bits per heavy atom. The zero-order chi connectivity index (χ0) is 18.7. The van der Waals surface area contributed by atoms with Gasteiger partial charge in [0.15, 0.2) is 11.5 Å². The average molecular weight is 403 g/mol. The van der Waals surface area contributed by atoms with Gasteiger partial charge in [0.05, 0.1) is 10.7 Å². The summed E-state index contributed by atoms with van der Waals surface area (Å²) in [7, 11) is -3.71. The third-order valence-corrected chi connectivity index (χ3v) is 6.24. The van der Waals surface area contributed by atoms with Gasteiger partial charge in [0.2, 0.25) is 15.9 Å². The third kappa shape index (κ3) is 5.02. The maximum Gasteiger partial charge on any atom is 0.241 e. The number of nitrogens with one attached hydrogen (secondary N) is 2. The number of halogens is 1. The van der Waals surface area contributed by atoms with Crippen LogP contribution in [0.25, 0.3) is 0 Å². The van der Waals surface area contributed by atoms with Gasteiger partial charge in [-0.05, 0) is 31.6 Å². The quantitative estimate of drug-likeness (QED) is 0.789. The Labute approximate surface area is 158 Å². The first-order valence-electron chi connectivity index (χ1n) is 8.71. The highest BCUT2D eigenvalue weighted by molar-refractivity contribution is 7.90. The summed E-state index contributed by atoms with van der Waals surface area (Å²) < 4.78 is 38.0. The van der Waals surface area contributed by atoms with Crippen molar-refractivity contribution in [3.63, 3.8) is 0 Å². The van der Waals surface area contributed by atoms with Crippen LogP contribution in [0.5, 0.6) is 11.5 Å². The average Bonchev–Trinajstić information content (AvgIpc) is 2.57. The molecule has 1 heterocycles. The fourth-order valence-corrected chi connectivity index (χ4v) is 4.64. The molecule has 0 saturated heterocycles. The van der Waals surface area contributed by atoms with Crippen LogP contribution in [0.1, 0.15) is 32.6 Å². The lowest BCUT2D eigenvalue weighted by Crippen LogP contribution is -2.41. The second-order valence-corrected chi connectivity index (χ2v) is 9.02. The van der Waals surface area contributed by atoms with Crippen LogP contribution in [0.2, 0.25) is 5.02 Å². The highest BCUT2D eigenvalue weighted by atomic mass is 35.5. The number of hydrogen-bond acceptors (Lipinski definition) is 5. The Morgan fingerprint density at radius 2 is 1.77 bits per heavy atom. The Morgan fingerprint density at radius 3 is 2.42 bits per heavy atom. The Bertz CT molecular complexity index is 776. The van der Waals surface area contributed by atoms with Crippen molar-refractivity contribution in [2.24, 2.45) is 5.92 Å². The van der Waals surface area contributed by atoms with Gasteiger partial charge in [-0.15, -0.1) is 0 Å². The maximum atomic E-state index is 12.2. The first-order chi connectivity index (χ1) is 12.3. The lowest BCUT2D eigenvalue weighted by molar-refractivity contribution is -0.113. The monoisotopic (exact) mass is 402 g/mol. The molecule has 0 spiro atoms. The molecule has 0 aromatic heterocycles. The molecule has 1 saturated carbocycles. The first kappa shape index (κ1) is 19.3. The maximum absolute atomic E-state index is 12.2. The summed E-state index contributed by atoms with van der Waals surface area (Å²) in [5.41, 5.74) is 0.294. The number of hydrogen-bond donors (Lipinski definition) is 2. The number of fused-ring (bicyclic) bond motifs is 1. The van der Waals surface area contributed by atoms with Crippen molar-refractivity contribution >= 4 is 33.2 Å². The molecule has 9 heteroatoms. The number of carbonyl (C=O) groups excluding carboxylic acids is 1. The lowest BCUT2D eigenvalue weighted by Gasteiger charge is -2.26. The van der Waals surface area contributed by atoms with Gasteiger partial charge in [-0.3, -0.25) is 4.79 Å². The second-order valence-electron chi connectivity index (χ2n) is 6.86. The fourth-order valence-electron chi connectivity index (χ4n) is 3.19. The van der Waals surface area contributed by atoms with Crippen molar-refractivity contribution in [2.45, 2.75) is 38.6 Å². The fraction of sp³-hybridized carbons (Fsp3) is 0.588. The highest BCUT2D eigenvalue weighted by Gasteiger charge is 2.25. The molecule has 1 aromatic carbocycles. The molecule has 3 rings (SSSR count). The van der Waals surface area contributed by atoms with Gasteiger partial charge < -0.3 is 14.8 Å². The molecule has 26 heavy (non-hydrogen) atoms. The molecule has 2 N–H and O–H groups in total. The molecule has 0 radical (unpaired) electrons. The van der Waals surface area contributed by atoms with E-state index in [1.54, 1.807) is 6.07 Å². The van der Waals surface area contributed by atoms with E-state index in [0.717, 1.165) is 25.7 Å². The van der Waals surface area contributed by atoms with Crippen molar-refractivity contribution in [3.8, 4) is 11.5 Å². The molecule has 1 fully saturated rings. The molecule has 144 valence electrons. The van der Waals surface area contributed by atoms with E-state index in [4.69, 9.17) is 21.1 Å². The molecular formula is C17H23ClN2O5S. The Balaban J connectivity index is 1.59. The number of anilines is 1. The minimum absolute atomic E-state index is 0.0955. The smallest absolute Gasteiger partial charge is 0.241 e. The van der Waals surface area contributed by atoms with Crippen LogP contribution >= 0.6 is 11.6 Å². The first-order valence-corrected chi connectivity index (χ1v) is 10.7. The minimum Gasteiger partial charge on any atom is -0.486 e. The standard InChI is InChI=1S/C17H23ClN2O5S/c1-11-2-4-12(5-3-11)20-26(22,23)10-17(21)19-14-9-16-15(8-13(14)18)24-6-7-25-16/h8-9,11-12,20H,2-7,10H2,1H3,(H,19,21).